The zero-order valence-electron chi connectivity index (χ0n) is 10.4. The number of methoxy groups -OCH3 is 1. The lowest BCUT2D eigenvalue weighted by Crippen LogP contribution is -2.25. The van der Waals surface area contributed by atoms with E-state index < -0.39 is 14.3 Å². The molecule has 0 aromatic heterocycles. The number of ether oxygens (including phenoxy) is 1. The van der Waals surface area contributed by atoms with Crippen LogP contribution in [0.4, 0.5) is 0 Å². The van der Waals surface area contributed by atoms with Crippen LogP contribution in [0.3, 0.4) is 0 Å². The van der Waals surface area contributed by atoms with Crippen molar-refractivity contribution < 1.29 is 24.2 Å². The van der Waals surface area contributed by atoms with Crippen LogP contribution in [0.15, 0.2) is 24.4 Å². The fraction of sp³-hybridized carbons (Fsp3) is 0.500. The molecule has 0 rings (SSSR count). The summed E-state index contributed by atoms with van der Waals surface area (Å²) >= 11 is 0. The van der Waals surface area contributed by atoms with E-state index in [0.29, 0.717) is 0 Å². The Bertz CT molecular complexity index is 261. The second-order valence-corrected chi connectivity index (χ2v) is 8.32. The zero-order valence-corrected chi connectivity index (χ0v) is 11.4. The molecule has 0 aliphatic carbocycles. The van der Waals surface area contributed by atoms with E-state index in [4.69, 9.17) is 14.3 Å². The van der Waals surface area contributed by atoms with E-state index in [9.17, 15) is 5.11 Å². The molecule has 6 heteroatoms. The van der Waals surface area contributed by atoms with Gasteiger partial charge in [0.05, 0.1) is 7.11 Å². The van der Waals surface area contributed by atoms with Gasteiger partial charge in [0.1, 0.15) is 12.0 Å². The van der Waals surface area contributed by atoms with E-state index in [1.54, 1.807) is 0 Å². The van der Waals surface area contributed by atoms with Gasteiger partial charge in [0.25, 0.3) is 5.97 Å². The van der Waals surface area contributed by atoms with Crippen LogP contribution in [-0.4, -0.2) is 31.6 Å². The molecule has 0 spiro atoms. The minimum Gasteiger partial charge on any atom is -0.542 e. The molecule has 0 atom stereocenters. The van der Waals surface area contributed by atoms with E-state index in [1.165, 1.54) is 13.4 Å². The standard InChI is InChI=1S/C8H16O3Si.C2H4O2/c1-7(8(9)6-10-2)11-12(3,4)5;1-2(3)4/h6,9H,1H2,2-5H3;1H3,(H,3,4). The third kappa shape index (κ3) is 15.1. The topological polar surface area (TPSA) is 76.0 Å². The van der Waals surface area contributed by atoms with Gasteiger partial charge in [-0.1, -0.05) is 6.58 Å². The average Bonchev–Trinajstić information content (AvgIpc) is 2.00. The number of carboxylic acid groups (broad SMARTS) is 1. The minimum atomic E-state index is -1.67. The number of carbonyl (C=O) groups is 1. The number of hydrogen-bond donors (Lipinski definition) is 2. The fourth-order valence-corrected chi connectivity index (χ4v) is 1.44. The summed E-state index contributed by atoms with van der Waals surface area (Å²) in [6.07, 6.45) is 1.20. The van der Waals surface area contributed by atoms with Crippen molar-refractivity contribution in [1.29, 1.82) is 0 Å². The molecule has 2 N–H and O–H groups in total. The molecule has 0 aromatic carbocycles. The van der Waals surface area contributed by atoms with Crippen LogP contribution in [0, 0.1) is 0 Å². The molecule has 94 valence electrons. The zero-order chi connectivity index (χ0) is 13.4. The maximum absolute atomic E-state index is 9.21. The average molecular weight is 248 g/mol. The lowest BCUT2D eigenvalue weighted by molar-refractivity contribution is -0.134. The highest BCUT2D eigenvalue weighted by Crippen LogP contribution is 2.13. The highest BCUT2D eigenvalue weighted by atomic mass is 28.4. The van der Waals surface area contributed by atoms with E-state index in [2.05, 4.69) is 11.3 Å². The predicted octanol–water partition coefficient (Wildman–Crippen LogP) is 2.49. The van der Waals surface area contributed by atoms with Crippen molar-refractivity contribution >= 4 is 14.3 Å². The summed E-state index contributed by atoms with van der Waals surface area (Å²) in [6.45, 7) is 10.7. The quantitative estimate of drug-likeness (QED) is 0.454. The summed E-state index contributed by atoms with van der Waals surface area (Å²) in [4.78, 5) is 9.00. The lowest BCUT2D eigenvalue weighted by atomic mass is 10.5. The number of aliphatic hydroxyl groups excluding tert-OH is 1. The monoisotopic (exact) mass is 248 g/mol. The van der Waals surface area contributed by atoms with Gasteiger partial charge >= 0.3 is 0 Å². The first kappa shape index (κ1) is 17.0. The van der Waals surface area contributed by atoms with Crippen LogP contribution in [0.25, 0.3) is 0 Å². The molecule has 0 saturated heterocycles. The van der Waals surface area contributed by atoms with Crippen molar-refractivity contribution in [3.8, 4) is 0 Å². The SMILES string of the molecule is C=C(O[Si](C)(C)C)C(O)=COC.CC(=O)O. The number of hydrogen-bond acceptors (Lipinski definition) is 4. The normalized spacial score (nSPS) is 10.9. The molecule has 16 heavy (non-hydrogen) atoms. The highest BCUT2D eigenvalue weighted by molar-refractivity contribution is 6.70. The molecule has 5 nitrogen and oxygen atoms in total. The summed E-state index contributed by atoms with van der Waals surface area (Å²) in [5.41, 5.74) is 0. The number of rotatable bonds is 4. The third-order valence-corrected chi connectivity index (χ3v) is 1.80. The van der Waals surface area contributed by atoms with E-state index in [0.717, 1.165) is 6.92 Å². The van der Waals surface area contributed by atoms with Gasteiger partial charge in [0.15, 0.2) is 5.76 Å². The summed E-state index contributed by atoms with van der Waals surface area (Å²) in [5.74, 6) is -0.615. The second-order valence-electron chi connectivity index (χ2n) is 3.90. The van der Waals surface area contributed by atoms with Crippen molar-refractivity contribution in [2.24, 2.45) is 0 Å². The Morgan fingerprint density at radius 1 is 1.31 bits per heavy atom. The fourth-order valence-electron chi connectivity index (χ4n) is 0.599. The highest BCUT2D eigenvalue weighted by Gasteiger charge is 2.18. The molecule has 0 radical (unpaired) electrons. The largest absolute Gasteiger partial charge is 0.542 e. The van der Waals surface area contributed by atoms with Crippen LogP contribution < -0.4 is 0 Å². The first-order valence-corrected chi connectivity index (χ1v) is 8.00. The molecular formula is C10H20O5Si. The van der Waals surface area contributed by atoms with Gasteiger partial charge in [-0.2, -0.15) is 0 Å². The van der Waals surface area contributed by atoms with Gasteiger partial charge in [0.2, 0.25) is 8.32 Å². The van der Waals surface area contributed by atoms with E-state index in [-0.39, 0.29) is 11.5 Å². The Balaban J connectivity index is 0. The molecule has 0 heterocycles. The molecule has 0 aromatic rings. The second kappa shape index (κ2) is 7.81. The summed E-state index contributed by atoms with van der Waals surface area (Å²) in [6, 6.07) is 0. The Kier molecular flexibility index (Phi) is 8.28. The predicted molar refractivity (Wildman–Crippen MR) is 64.6 cm³/mol. The Hall–Kier alpha value is -1.43. The summed E-state index contributed by atoms with van der Waals surface area (Å²) < 4.78 is 10.00. The van der Waals surface area contributed by atoms with Crippen molar-refractivity contribution in [2.45, 2.75) is 26.6 Å². The molecule has 0 unspecified atom stereocenters. The smallest absolute Gasteiger partial charge is 0.300 e. The molecule has 0 bridgehead atoms. The molecule has 0 aliphatic rings. The van der Waals surface area contributed by atoms with E-state index in [1.807, 2.05) is 19.6 Å². The molecule has 0 saturated carbocycles. The number of aliphatic hydroxyl groups is 1. The van der Waals surface area contributed by atoms with Gasteiger partial charge in [0, 0.05) is 6.92 Å². The summed E-state index contributed by atoms with van der Waals surface area (Å²) in [7, 11) is -0.212. The van der Waals surface area contributed by atoms with Gasteiger partial charge in [-0.3, -0.25) is 4.79 Å². The van der Waals surface area contributed by atoms with Gasteiger partial charge in [-0.25, -0.2) is 0 Å². The number of aliphatic carboxylic acids is 1. The van der Waals surface area contributed by atoms with Crippen LogP contribution in [0.5, 0.6) is 0 Å². The first-order chi connectivity index (χ1) is 7.10. The third-order valence-electron chi connectivity index (χ3n) is 0.945. The van der Waals surface area contributed by atoms with Crippen molar-refractivity contribution in [3.63, 3.8) is 0 Å². The molecule has 0 aliphatic heterocycles. The Morgan fingerprint density at radius 2 is 1.69 bits per heavy atom. The van der Waals surface area contributed by atoms with Crippen LogP contribution in [0.2, 0.25) is 19.6 Å². The Morgan fingerprint density at radius 3 is 1.94 bits per heavy atom. The van der Waals surface area contributed by atoms with Crippen molar-refractivity contribution in [2.75, 3.05) is 7.11 Å². The van der Waals surface area contributed by atoms with Crippen LogP contribution in [-0.2, 0) is 14.0 Å². The minimum absolute atomic E-state index is 0.0556. The lowest BCUT2D eigenvalue weighted by Gasteiger charge is -2.20. The summed E-state index contributed by atoms with van der Waals surface area (Å²) in [5, 5.41) is 16.6. The van der Waals surface area contributed by atoms with Gasteiger partial charge in [-0.15, -0.1) is 0 Å². The van der Waals surface area contributed by atoms with Crippen molar-refractivity contribution in [3.05, 3.63) is 24.4 Å². The number of carboxylic acids is 1. The molecule has 0 amide bonds. The first-order valence-electron chi connectivity index (χ1n) is 4.60. The molecule has 0 fully saturated rings. The van der Waals surface area contributed by atoms with Gasteiger partial charge < -0.3 is 19.4 Å². The van der Waals surface area contributed by atoms with Crippen molar-refractivity contribution in [1.82, 2.24) is 0 Å². The van der Waals surface area contributed by atoms with Crippen LogP contribution >= 0.6 is 0 Å². The Labute approximate surface area is 97.1 Å². The molecular weight excluding hydrogens is 228 g/mol. The van der Waals surface area contributed by atoms with Gasteiger partial charge in [-0.05, 0) is 19.6 Å². The maximum Gasteiger partial charge on any atom is 0.300 e. The van der Waals surface area contributed by atoms with E-state index >= 15 is 0 Å². The maximum atomic E-state index is 9.21. The van der Waals surface area contributed by atoms with Crippen LogP contribution in [0.1, 0.15) is 6.92 Å².